The van der Waals surface area contributed by atoms with Crippen molar-refractivity contribution in [3.05, 3.63) is 24.2 Å². The van der Waals surface area contributed by atoms with E-state index in [2.05, 4.69) is 4.84 Å². The molecule has 1 aromatic rings. The first-order valence-electron chi connectivity index (χ1n) is 4.95. The normalized spacial score (nSPS) is 20.9. The minimum Gasteiger partial charge on any atom is -0.459 e. The number of carbonyl (C=O) groups excluding carboxylic acids is 1. The average molecular weight is 210 g/mol. The molecule has 1 fully saturated rings. The Hall–Kier alpha value is -1.33. The Morgan fingerprint density at radius 3 is 3.27 bits per heavy atom. The highest BCUT2D eigenvalue weighted by Gasteiger charge is 2.28. The molecule has 5 nitrogen and oxygen atoms in total. The highest BCUT2D eigenvalue weighted by atomic mass is 16.6. The summed E-state index contributed by atoms with van der Waals surface area (Å²) < 4.78 is 5.06. The summed E-state index contributed by atoms with van der Waals surface area (Å²) in [5.74, 6) is 5.68. The van der Waals surface area contributed by atoms with Gasteiger partial charge in [-0.2, -0.15) is 0 Å². The molecule has 1 aliphatic heterocycles. The maximum Gasteiger partial charge on any atom is 0.289 e. The molecule has 0 saturated carbocycles. The number of carbonyl (C=O) groups is 1. The summed E-state index contributed by atoms with van der Waals surface area (Å²) in [4.78, 5) is 18.2. The smallest absolute Gasteiger partial charge is 0.289 e. The van der Waals surface area contributed by atoms with E-state index in [4.69, 9.17) is 10.3 Å². The Morgan fingerprint density at radius 2 is 2.60 bits per heavy atom. The molecule has 1 amide bonds. The van der Waals surface area contributed by atoms with Crippen molar-refractivity contribution < 1.29 is 14.0 Å². The van der Waals surface area contributed by atoms with Crippen LogP contribution in [0.15, 0.2) is 22.8 Å². The van der Waals surface area contributed by atoms with Crippen LogP contribution in [0.1, 0.15) is 17.0 Å². The van der Waals surface area contributed by atoms with Gasteiger partial charge in [0.25, 0.3) is 5.91 Å². The van der Waals surface area contributed by atoms with Crippen molar-refractivity contribution in [1.82, 2.24) is 4.90 Å². The largest absolute Gasteiger partial charge is 0.459 e. The van der Waals surface area contributed by atoms with Crippen LogP contribution in [0.4, 0.5) is 0 Å². The van der Waals surface area contributed by atoms with Gasteiger partial charge < -0.3 is 14.2 Å². The van der Waals surface area contributed by atoms with Crippen molar-refractivity contribution in [3.8, 4) is 0 Å². The van der Waals surface area contributed by atoms with Crippen LogP contribution in [0.25, 0.3) is 0 Å². The van der Waals surface area contributed by atoms with E-state index >= 15 is 0 Å². The van der Waals surface area contributed by atoms with Crippen molar-refractivity contribution in [2.75, 3.05) is 19.7 Å². The molecule has 0 aliphatic carbocycles. The monoisotopic (exact) mass is 210 g/mol. The first kappa shape index (κ1) is 10.2. The van der Waals surface area contributed by atoms with E-state index in [0.717, 1.165) is 13.0 Å². The van der Waals surface area contributed by atoms with Crippen LogP contribution in [0.2, 0.25) is 0 Å². The molecule has 1 saturated heterocycles. The number of amides is 1. The second-order valence-corrected chi connectivity index (χ2v) is 3.72. The predicted molar refractivity (Wildman–Crippen MR) is 52.9 cm³/mol. The van der Waals surface area contributed by atoms with Gasteiger partial charge in [-0.1, -0.05) is 0 Å². The van der Waals surface area contributed by atoms with Crippen LogP contribution in [0.3, 0.4) is 0 Å². The average Bonchev–Trinajstić information content (AvgIpc) is 2.87. The summed E-state index contributed by atoms with van der Waals surface area (Å²) in [5.41, 5.74) is 0. The molecule has 2 heterocycles. The van der Waals surface area contributed by atoms with Gasteiger partial charge in [-0.05, 0) is 18.6 Å². The van der Waals surface area contributed by atoms with Crippen LogP contribution in [0, 0.1) is 5.92 Å². The van der Waals surface area contributed by atoms with E-state index in [1.165, 1.54) is 6.26 Å². The third-order valence-electron chi connectivity index (χ3n) is 2.64. The third kappa shape index (κ3) is 2.19. The van der Waals surface area contributed by atoms with Gasteiger partial charge in [0.15, 0.2) is 5.76 Å². The van der Waals surface area contributed by atoms with E-state index in [-0.39, 0.29) is 5.91 Å². The number of nitrogens with zero attached hydrogens (tertiary/aromatic N) is 1. The molecular weight excluding hydrogens is 196 g/mol. The summed E-state index contributed by atoms with van der Waals surface area (Å²) in [6.45, 7) is 1.94. The molecule has 1 atom stereocenters. The maximum absolute atomic E-state index is 11.8. The van der Waals surface area contributed by atoms with E-state index in [1.54, 1.807) is 17.0 Å². The van der Waals surface area contributed by atoms with Gasteiger partial charge in [-0.15, -0.1) is 0 Å². The molecule has 82 valence electrons. The van der Waals surface area contributed by atoms with Gasteiger partial charge in [0.05, 0.1) is 12.9 Å². The summed E-state index contributed by atoms with van der Waals surface area (Å²) in [5, 5.41) is 0. The van der Waals surface area contributed by atoms with Crippen molar-refractivity contribution in [3.63, 3.8) is 0 Å². The van der Waals surface area contributed by atoms with Crippen LogP contribution >= 0.6 is 0 Å². The van der Waals surface area contributed by atoms with Gasteiger partial charge in [0.2, 0.25) is 0 Å². The number of nitrogens with two attached hydrogens (primary N) is 1. The molecule has 5 heteroatoms. The van der Waals surface area contributed by atoms with E-state index < -0.39 is 0 Å². The van der Waals surface area contributed by atoms with E-state index in [1.807, 2.05) is 0 Å². The molecule has 1 unspecified atom stereocenters. The maximum atomic E-state index is 11.8. The lowest BCUT2D eigenvalue weighted by molar-refractivity contribution is 0.0725. The van der Waals surface area contributed by atoms with Crippen LogP contribution in [-0.4, -0.2) is 30.5 Å². The topological polar surface area (TPSA) is 68.7 Å². The van der Waals surface area contributed by atoms with Crippen molar-refractivity contribution >= 4 is 5.91 Å². The summed E-state index contributed by atoms with van der Waals surface area (Å²) in [7, 11) is 0. The van der Waals surface area contributed by atoms with Crippen LogP contribution in [-0.2, 0) is 4.84 Å². The number of likely N-dealkylation sites (tertiary alicyclic amines) is 1. The molecule has 2 N–H and O–H groups in total. The number of hydrogen-bond acceptors (Lipinski definition) is 4. The highest BCUT2D eigenvalue weighted by molar-refractivity contribution is 5.91. The lowest BCUT2D eigenvalue weighted by Gasteiger charge is -2.14. The van der Waals surface area contributed by atoms with Crippen molar-refractivity contribution in [2.45, 2.75) is 6.42 Å². The quantitative estimate of drug-likeness (QED) is 0.743. The van der Waals surface area contributed by atoms with E-state index in [9.17, 15) is 4.79 Å². The molecule has 0 bridgehead atoms. The molecular formula is C10H14N2O3. The SMILES string of the molecule is NOCC1CCN(C(=O)c2ccco2)C1. The standard InChI is InChI=1S/C10H14N2O3/c11-15-7-8-3-4-12(6-8)10(13)9-2-1-5-14-9/h1-2,5,8H,3-4,6-7,11H2. The first-order chi connectivity index (χ1) is 7.31. The van der Waals surface area contributed by atoms with Crippen LogP contribution < -0.4 is 5.90 Å². The minimum atomic E-state index is -0.0560. The van der Waals surface area contributed by atoms with Gasteiger partial charge >= 0.3 is 0 Å². The third-order valence-corrected chi connectivity index (χ3v) is 2.64. The highest BCUT2D eigenvalue weighted by Crippen LogP contribution is 2.18. The molecule has 0 spiro atoms. The second kappa shape index (κ2) is 4.46. The zero-order chi connectivity index (χ0) is 10.7. The zero-order valence-electron chi connectivity index (χ0n) is 8.39. The predicted octanol–water partition coefficient (Wildman–Crippen LogP) is 0.632. The van der Waals surface area contributed by atoms with Gasteiger partial charge in [-0.25, -0.2) is 5.90 Å². The lowest BCUT2D eigenvalue weighted by atomic mass is 10.1. The van der Waals surface area contributed by atoms with E-state index in [0.29, 0.717) is 24.8 Å². The first-order valence-corrected chi connectivity index (χ1v) is 4.95. The summed E-state index contributed by atoms with van der Waals surface area (Å²) in [6.07, 6.45) is 2.44. The van der Waals surface area contributed by atoms with Crippen molar-refractivity contribution in [1.29, 1.82) is 0 Å². The fourth-order valence-corrected chi connectivity index (χ4v) is 1.85. The Morgan fingerprint density at radius 1 is 1.73 bits per heavy atom. The number of furan rings is 1. The zero-order valence-corrected chi connectivity index (χ0v) is 8.39. The second-order valence-electron chi connectivity index (χ2n) is 3.72. The Balaban J connectivity index is 1.93. The molecule has 2 rings (SSSR count). The molecule has 1 aromatic heterocycles. The summed E-state index contributed by atoms with van der Waals surface area (Å²) in [6, 6.07) is 3.39. The minimum absolute atomic E-state index is 0.0560. The number of rotatable bonds is 3. The Bertz CT molecular complexity index is 323. The number of hydrogen-bond donors (Lipinski definition) is 1. The lowest BCUT2D eigenvalue weighted by Crippen LogP contribution is -2.29. The molecule has 1 aliphatic rings. The molecule has 15 heavy (non-hydrogen) atoms. The fourth-order valence-electron chi connectivity index (χ4n) is 1.85. The van der Waals surface area contributed by atoms with Gasteiger partial charge in [0, 0.05) is 19.0 Å². The van der Waals surface area contributed by atoms with Gasteiger partial charge in [0.1, 0.15) is 0 Å². The van der Waals surface area contributed by atoms with Gasteiger partial charge in [-0.3, -0.25) is 4.79 Å². The molecule has 0 aromatic carbocycles. The fraction of sp³-hybridized carbons (Fsp3) is 0.500. The summed E-state index contributed by atoms with van der Waals surface area (Å²) >= 11 is 0. The Kier molecular flexibility index (Phi) is 3.03. The van der Waals surface area contributed by atoms with Crippen LogP contribution in [0.5, 0.6) is 0 Å². The Labute approximate surface area is 87.7 Å². The molecule has 0 radical (unpaired) electrons. The van der Waals surface area contributed by atoms with Crippen molar-refractivity contribution in [2.24, 2.45) is 11.8 Å².